The van der Waals surface area contributed by atoms with Gasteiger partial charge in [-0.3, -0.25) is 0 Å². The number of aromatic nitrogens is 3. The van der Waals surface area contributed by atoms with Crippen LogP contribution in [0.3, 0.4) is 0 Å². The number of rotatable bonds is 1. The lowest BCUT2D eigenvalue weighted by atomic mass is 10.1. The molecule has 0 amide bonds. The minimum absolute atomic E-state index is 0.481. The molecule has 0 aliphatic heterocycles. The zero-order valence-electron chi connectivity index (χ0n) is 6.98. The Bertz CT molecular complexity index is 445. The highest BCUT2D eigenvalue weighted by molar-refractivity contribution is 6.43. The zero-order chi connectivity index (χ0) is 9.97. The van der Waals surface area contributed by atoms with Gasteiger partial charge in [-0.25, -0.2) is 0 Å². The van der Waals surface area contributed by atoms with Gasteiger partial charge in [-0.15, -0.1) is 10.2 Å². The van der Waals surface area contributed by atoms with Crippen molar-refractivity contribution in [3.05, 3.63) is 40.5 Å². The van der Waals surface area contributed by atoms with Gasteiger partial charge >= 0.3 is 0 Å². The minimum atomic E-state index is 0.481. The smallest absolute Gasteiger partial charge is 0.0978 e. The van der Waals surface area contributed by atoms with Gasteiger partial charge in [0.05, 0.1) is 21.9 Å². The van der Waals surface area contributed by atoms with E-state index in [9.17, 15) is 0 Å². The molecule has 1 aromatic carbocycles. The van der Waals surface area contributed by atoms with Crippen LogP contribution in [0.4, 0.5) is 0 Å². The van der Waals surface area contributed by atoms with E-state index in [1.54, 1.807) is 18.3 Å². The summed E-state index contributed by atoms with van der Waals surface area (Å²) in [6.45, 7) is 0. The lowest BCUT2D eigenvalue weighted by Crippen LogP contribution is -1.89. The maximum Gasteiger partial charge on any atom is 0.0978 e. The fourth-order valence-electron chi connectivity index (χ4n) is 1.09. The average molecular weight is 226 g/mol. The summed E-state index contributed by atoms with van der Waals surface area (Å²) in [4.78, 5) is 0. The second kappa shape index (κ2) is 3.90. The summed E-state index contributed by atoms with van der Waals surface area (Å²) in [7, 11) is 0. The van der Waals surface area contributed by atoms with Crippen molar-refractivity contribution >= 4 is 23.2 Å². The number of halogens is 2. The molecule has 0 N–H and O–H groups in total. The molecule has 0 bridgehead atoms. The van der Waals surface area contributed by atoms with Gasteiger partial charge in [-0.05, 0) is 17.3 Å². The monoisotopic (exact) mass is 225 g/mol. The van der Waals surface area contributed by atoms with Crippen LogP contribution in [0.15, 0.2) is 30.5 Å². The fourth-order valence-corrected chi connectivity index (χ4v) is 1.48. The zero-order valence-corrected chi connectivity index (χ0v) is 8.50. The predicted molar refractivity (Wildman–Crippen MR) is 55.3 cm³/mol. The molecule has 0 aliphatic rings. The van der Waals surface area contributed by atoms with Gasteiger partial charge < -0.3 is 0 Å². The highest BCUT2D eigenvalue weighted by atomic mass is 35.5. The van der Waals surface area contributed by atoms with Crippen LogP contribution >= 0.6 is 23.2 Å². The molecule has 0 saturated heterocycles. The molecule has 2 aromatic rings. The molecule has 0 fully saturated rings. The summed E-state index contributed by atoms with van der Waals surface area (Å²) in [6.07, 6.45) is 1.56. The van der Waals surface area contributed by atoms with Crippen molar-refractivity contribution in [1.82, 2.24) is 15.4 Å². The van der Waals surface area contributed by atoms with Gasteiger partial charge in [0.1, 0.15) is 0 Å². The topological polar surface area (TPSA) is 38.7 Å². The molecular formula is C9H5Cl2N3. The normalized spacial score (nSPS) is 10.1. The van der Waals surface area contributed by atoms with Gasteiger partial charge in [-0.1, -0.05) is 35.3 Å². The SMILES string of the molecule is Clc1cccc(-c2ccnnn2)c1Cl. The minimum Gasteiger partial charge on any atom is -0.139 e. The molecule has 14 heavy (non-hydrogen) atoms. The fraction of sp³-hybridized carbons (Fsp3) is 0. The lowest BCUT2D eigenvalue weighted by Gasteiger charge is -2.02. The molecule has 3 nitrogen and oxygen atoms in total. The molecule has 0 radical (unpaired) electrons. The number of hydrogen-bond donors (Lipinski definition) is 0. The van der Waals surface area contributed by atoms with Crippen LogP contribution in [0.1, 0.15) is 0 Å². The van der Waals surface area contributed by atoms with E-state index in [2.05, 4.69) is 15.4 Å². The summed E-state index contributed by atoms with van der Waals surface area (Å²) in [5.41, 5.74) is 1.42. The van der Waals surface area contributed by atoms with Crippen LogP contribution in [0, 0.1) is 0 Å². The van der Waals surface area contributed by atoms with Crippen molar-refractivity contribution in [2.45, 2.75) is 0 Å². The van der Waals surface area contributed by atoms with Crippen LogP contribution in [-0.4, -0.2) is 15.4 Å². The molecule has 0 spiro atoms. The Labute approximate surface area is 90.7 Å². The van der Waals surface area contributed by atoms with Crippen LogP contribution in [0.25, 0.3) is 11.3 Å². The van der Waals surface area contributed by atoms with Crippen molar-refractivity contribution in [3.63, 3.8) is 0 Å². The third kappa shape index (κ3) is 1.69. The summed E-state index contributed by atoms with van der Waals surface area (Å²) in [5.74, 6) is 0. The van der Waals surface area contributed by atoms with Crippen molar-refractivity contribution in [1.29, 1.82) is 0 Å². The number of benzene rings is 1. The molecule has 1 heterocycles. The first kappa shape index (κ1) is 9.37. The molecule has 0 unspecified atom stereocenters. The maximum absolute atomic E-state index is 6.01. The average Bonchev–Trinajstić information content (AvgIpc) is 2.23. The molecule has 0 atom stereocenters. The standard InChI is InChI=1S/C9H5Cl2N3/c10-7-3-1-2-6(9(7)11)8-4-5-12-14-13-8/h1-5H. The maximum atomic E-state index is 6.01. The van der Waals surface area contributed by atoms with E-state index < -0.39 is 0 Å². The van der Waals surface area contributed by atoms with Crippen LogP contribution in [0.2, 0.25) is 10.0 Å². The first-order valence-electron chi connectivity index (χ1n) is 3.88. The van der Waals surface area contributed by atoms with Crippen LogP contribution in [0.5, 0.6) is 0 Å². The van der Waals surface area contributed by atoms with Crippen LogP contribution in [-0.2, 0) is 0 Å². The summed E-state index contributed by atoms with van der Waals surface area (Å²) < 4.78 is 0. The molecule has 1 aromatic heterocycles. The second-order valence-electron chi connectivity index (χ2n) is 2.61. The largest absolute Gasteiger partial charge is 0.139 e. The second-order valence-corrected chi connectivity index (χ2v) is 3.39. The van der Waals surface area contributed by atoms with Crippen molar-refractivity contribution in [3.8, 4) is 11.3 Å². The summed E-state index contributed by atoms with van der Waals surface area (Å²) in [6, 6.07) is 7.09. The van der Waals surface area contributed by atoms with Gasteiger partial charge in [0.2, 0.25) is 0 Å². The summed E-state index contributed by atoms with van der Waals surface area (Å²) in [5, 5.41) is 11.9. The van der Waals surface area contributed by atoms with E-state index in [1.165, 1.54) is 0 Å². The van der Waals surface area contributed by atoms with E-state index in [1.807, 2.05) is 12.1 Å². The van der Waals surface area contributed by atoms with Gasteiger partial charge in [-0.2, -0.15) is 0 Å². The highest BCUT2D eigenvalue weighted by Gasteiger charge is 2.07. The molecule has 0 aliphatic carbocycles. The highest BCUT2D eigenvalue weighted by Crippen LogP contribution is 2.31. The Kier molecular flexibility index (Phi) is 2.61. The Hall–Kier alpha value is -1.19. The van der Waals surface area contributed by atoms with E-state index in [0.717, 1.165) is 5.56 Å². The molecule has 0 saturated carbocycles. The Balaban J connectivity index is 2.58. The molecular weight excluding hydrogens is 221 g/mol. The van der Waals surface area contributed by atoms with Gasteiger partial charge in [0.15, 0.2) is 0 Å². The quantitative estimate of drug-likeness (QED) is 0.750. The molecule has 5 heteroatoms. The predicted octanol–water partition coefficient (Wildman–Crippen LogP) is 2.85. The first-order chi connectivity index (χ1) is 6.79. The van der Waals surface area contributed by atoms with E-state index in [0.29, 0.717) is 15.7 Å². The summed E-state index contributed by atoms with van der Waals surface area (Å²) >= 11 is 11.9. The van der Waals surface area contributed by atoms with Crippen LogP contribution < -0.4 is 0 Å². The van der Waals surface area contributed by atoms with Crippen molar-refractivity contribution in [2.75, 3.05) is 0 Å². The van der Waals surface area contributed by atoms with Gasteiger partial charge in [0.25, 0.3) is 0 Å². The lowest BCUT2D eigenvalue weighted by molar-refractivity contribution is 0.870. The number of hydrogen-bond acceptors (Lipinski definition) is 3. The third-order valence-corrected chi connectivity index (χ3v) is 2.55. The third-order valence-electron chi connectivity index (χ3n) is 1.73. The van der Waals surface area contributed by atoms with E-state index >= 15 is 0 Å². The van der Waals surface area contributed by atoms with Gasteiger partial charge in [0, 0.05) is 5.56 Å². The first-order valence-corrected chi connectivity index (χ1v) is 4.63. The molecule has 70 valence electrons. The Morgan fingerprint density at radius 3 is 2.64 bits per heavy atom. The molecule has 2 rings (SSSR count). The van der Waals surface area contributed by atoms with E-state index in [-0.39, 0.29) is 0 Å². The van der Waals surface area contributed by atoms with Crippen molar-refractivity contribution < 1.29 is 0 Å². The van der Waals surface area contributed by atoms with Crippen molar-refractivity contribution in [2.24, 2.45) is 0 Å². The Morgan fingerprint density at radius 1 is 1.07 bits per heavy atom. The van der Waals surface area contributed by atoms with E-state index in [4.69, 9.17) is 23.2 Å². The number of nitrogens with zero attached hydrogens (tertiary/aromatic N) is 3. The Morgan fingerprint density at radius 2 is 1.93 bits per heavy atom.